The maximum absolute atomic E-state index is 12.4. The van der Waals surface area contributed by atoms with E-state index in [9.17, 15) is 9.59 Å². The summed E-state index contributed by atoms with van der Waals surface area (Å²) in [6.45, 7) is 1.18. The Labute approximate surface area is 161 Å². The van der Waals surface area contributed by atoms with E-state index in [-0.39, 0.29) is 18.0 Å². The largest absolute Gasteiger partial charge is 0.477 e. The maximum atomic E-state index is 12.4. The van der Waals surface area contributed by atoms with E-state index in [1.165, 1.54) is 16.8 Å². The Bertz CT molecular complexity index is 1010. The highest BCUT2D eigenvalue weighted by atomic mass is 16.5. The van der Waals surface area contributed by atoms with Crippen LogP contribution >= 0.6 is 0 Å². The number of benzene rings is 1. The summed E-state index contributed by atoms with van der Waals surface area (Å²) >= 11 is 0. The average Bonchev–Trinajstić information content (AvgIpc) is 3.09. The molecule has 2 heterocycles. The zero-order chi connectivity index (χ0) is 19.9. The van der Waals surface area contributed by atoms with Gasteiger partial charge in [-0.15, -0.1) is 5.10 Å². The van der Waals surface area contributed by atoms with Crippen LogP contribution in [0.4, 0.5) is 5.69 Å². The van der Waals surface area contributed by atoms with Crippen LogP contribution in [-0.4, -0.2) is 38.6 Å². The zero-order valence-electron chi connectivity index (χ0n) is 15.5. The Morgan fingerprint density at radius 3 is 2.89 bits per heavy atom. The second-order valence-corrected chi connectivity index (χ2v) is 6.22. The minimum atomic E-state index is -0.256. The number of aryl methyl sites for hydroxylation is 1. The molecular weight excluding hydrogens is 360 g/mol. The summed E-state index contributed by atoms with van der Waals surface area (Å²) in [5.74, 6) is 0.104. The third-order valence-corrected chi connectivity index (χ3v) is 3.92. The van der Waals surface area contributed by atoms with E-state index in [1.807, 2.05) is 6.07 Å². The SMILES string of the molecule is Cn1cc(NC(=O)c2cccc(Cn3nc(OCCCN)ccc3=O)c2)cn1. The van der Waals surface area contributed by atoms with Gasteiger partial charge < -0.3 is 15.8 Å². The van der Waals surface area contributed by atoms with Crippen molar-refractivity contribution in [1.82, 2.24) is 19.6 Å². The van der Waals surface area contributed by atoms with E-state index in [4.69, 9.17) is 10.5 Å². The number of hydrogen-bond acceptors (Lipinski definition) is 6. The number of rotatable bonds is 8. The van der Waals surface area contributed by atoms with Crippen molar-refractivity contribution in [3.05, 3.63) is 70.3 Å². The van der Waals surface area contributed by atoms with Crippen molar-refractivity contribution in [2.75, 3.05) is 18.5 Å². The van der Waals surface area contributed by atoms with Crippen molar-refractivity contribution in [3.8, 4) is 5.88 Å². The van der Waals surface area contributed by atoms with E-state index < -0.39 is 0 Å². The van der Waals surface area contributed by atoms with Gasteiger partial charge in [0.2, 0.25) is 5.88 Å². The van der Waals surface area contributed by atoms with Crippen LogP contribution in [0.5, 0.6) is 5.88 Å². The van der Waals surface area contributed by atoms with Crippen molar-refractivity contribution in [1.29, 1.82) is 0 Å². The molecule has 28 heavy (non-hydrogen) atoms. The van der Waals surface area contributed by atoms with E-state index >= 15 is 0 Å². The molecular formula is C19H22N6O3. The number of aromatic nitrogens is 4. The molecule has 0 aliphatic heterocycles. The summed E-state index contributed by atoms with van der Waals surface area (Å²) in [7, 11) is 1.77. The van der Waals surface area contributed by atoms with Crippen LogP contribution < -0.4 is 21.3 Å². The molecule has 3 aromatic rings. The summed E-state index contributed by atoms with van der Waals surface area (Å²) in [4.78, 5) is 24.5. The van der Waals surface area contributed by atoms with Crippen LogP contribution in [0.15, 0.2) is 53.6 Å². The summed E-state index contributed by atoms with van der Waals surface area (Å²) in [6, 6.07) is 9.97. The number of carbonyl (C=O) groups is 1. The lowest BCUT2D eigenvalue weighted by Gasteiger charge is -2.09. The van der Waals surface area contributed by atoms with Crippen molar-refractivity contribution in [2.24, 2.45) is 12.8 Å². The average molecular weight is 382 g/mol. The fraction of sp³-hybridized carbons (Fsp3) is 0.263. The number of amides is 1. The molecule has 0 aliphatic carbocycles. The number of nitrogens with two attached hydrogens (primary N) is 1. The molecule has 146 valence electrons. The highest BCUT2D eigenvalue weighted by molar-refractivity contribution is 6.04. The summed E-state index contributed by atoms with van der Waals surface area (Å²) < 4.78 is 8.39. The molecule has 0 atom stereocenters. The third-order valence-electron chi connectivity index (χ3n) is 3.92. The third kappa shape index (κ3) is 5.04. The molecule has 0 fully saturated rings. The molecule has 0 saturated carbocycles. The molecule has 9 nitrogen and oxygen atoms in total. The van der Waals surface area contributed by atoms with Gasteiger partial charge >= 0.3 is 0 Å². The number of nitrogens with one attached hydrogen (secondary N) is 1. The van der Waals surface area contributed by atoms with Gasteiger partial charge in [-0.3, -0.25) is 14.3 Å². The van der Waals surface area contributed by atoms with Crippen LogP contribution in [0.25, 0.3) is 0 Å². The fourth-order valence-electron chi connectivity index (χ4n) is 2.55. The molecule has 1 aromatic carbocycles. The van der Waals surface area contributed by atoms with Gasteiger partial charge in [-0.2, -0.15) is 5.10 Å². The van der Waals surface area contributed by atoms with Gasteiger partial charge in [-0.25, -0.2) is 4.68 Å². The quantitative estimate of drug-likeness (QED) is 0.562. The van der Waals surface area contributed by atoms with Crippen LogP contribution in [0.1, 0.15) is 22.3 Å². The van der Waals surface area contributed by atoms with Gasteiger partial charge in [0, 0.05) is 30.9 Å². The number of carbonyl (C=O) groups excluding carboxylic acids is 1. The van der Waals surface area contributed by atoms with E-state index in [1.54, 1.807) is 42.3 Å². The summed E-state index contributed by atoms with van der Waals surface area (Å²) in [5.41, 5.74) is 7.05. The normalized spacial score (nSPS) is 10.6. The molecule has 0 aliphatic rings. The molecule has 0 unspecified atom stereocenters. The molecule has 0 radical (unpaired) electrons. The molecule has 3 N–H and O–H groups in total. The Balaban J connectivity index is 1.72. The first-order chi connectivity index (χ1) is 13.5. The van der Waals surface area contributed by atoms with Crippen LogP contribution in [0.3, 0.4) is 0 Å². The lowest BCUT2D eigenvalue weighted by Crippen LogP contribution is -2.23. The number of ether oxygens (including phenoxy) is 1. The lowest BCUT2D eigenvalue weighted by molar-refractivity contribution is 0.102. The number of hydrogen-bond donors (Lipinski definition) is 2. The Morgan fingerprint density at radius 1 is 1.29 bits per heavy atom. The van der Waals surface area contributed by atoms with Crippen molar-refractivity contribution < 1.29 is 9.53 Å². The zero-order valence-corrected chi connectivity index (χ0v) is 15.5. The molecule has 0 spiro atoms. The van der Waals surface area contributed by atoms with Crippen molar-refractivity contribution >= 4 is 11.6 Å². The predicted octanol–water partition coefficient (Wildman–Crippen LogP) is 1.00. The number of anilines is 1. The van der Waals surface area contributed by atoms with Gasteiger partial charge in [-0.05, 0) is 30.7 Å². The molecule has 0 saturated heterocycles. The number of nitrogens with zero attached hydrogens (tertiary/aromatic N) is 4. The van der Waals surface area contributed by atoms with E-state index in [2.05, 4.69) is 15.5 Å². The second kappa shape index (κ2) is 8.96. The molecule has 2 aromatic heterocycles. The highest BCUT2D eigenvalue weighted by Crippen LogP contribution is 2.11. The predicted molar refractivity (Wildman–Crippen MR) is 104 cm³/mol. The Hall–Kier alpha value is -3.46. The van der Waals surface area contributed by atoms with Gasteiger partial charge in [0.15, 0.2) is 0 Å². The molecule has 9 heteroatoms. The maximum Gasteiger partial charge on any atom is 0.267 e. The van der Waals surface area contributed by atoms with Crippen LogP contribution in [0, 0.1) is 0 Å². The van der Waals surface area contributed by atoms with Gasteiger partial charge in [0.25, 0.3) is 11.5 Å². The first-order valence-electron chi connectivity index (χ1n) is 8.85. The smallest absolute Gasteiger partial charge is 0.267 e. The Kier molecular flexibility index (Phi) is 6.18. The molecule has 3 rings (SSSR count). The van der Waals surface area contributed by atoms with E-state index in [0.717, 1.165) is 5.56 Å². The Morgan fingerprint density at radius 2 is 2.14 bits per heavy atom. The molecule has 0 bridgehead atoms. The van der Waals surface area contributed by atoms with Crippen molar-refractivity contribution in [2.45, 2.75) is 13.0 Å². The van der Waals surface area contributed by atoms with Gasteiger partial charge in [-0.1, -0.05) is 12.1 Å². The first-order valence-corrected chi connectivity index (χ1v) is 8.85. The van der Waals surface area contributed by atoms with Crippen LogP contribution in [0.2, 0.25) is 0 Å². The standard InChI is InChI=1S/C19H22N6O3/c1-24-13-16(11-21-24)22-19(27)15-5-2-4-14(10-15)12-25-18(26)7-6-17(23-25)28-9-3-8-20/h2,4-7,10-11,13H,3,8-9,12,20H2,1H3,(H,22,27). The van der Waals surface area contributed by atoms with Gasteiger partial charge in [0.05, 0.1) is 25.0 Å². The topological polar surface area (TPSA) is 117 Å². The van der Waals surface area contributed by atoms with Crippen LogP contribution in [-0.2, 0) is 13.6 Å². The van der Waals surface area contributed by atoms with Gasteiger partial charge in [0.1, 0.15) is 0 Å². The fourth-order valence-corrected chi connectivity index (χ4v) is 2.55. The van der Waals surface area contributed by atoms with Crippen molar-refractivity contribution in [3.63, 3.8) is 0 Å². The summed E-state index contributed by atoms with van der Waals surface area (Å²) in [5, 5.41) is 11.0. The minimum Gasteiger partial charge on any atom is -0.477 e. The second-order valence-electron chi connectivity index (χ2n) is 6.22. The highest BCUT2D eigenvalue weighted by Gasteiger charge is 2.09. The lowest BCUT2D eigenvalue weighted by atomic mass is 10.1. The first kappa shape index (κ1) is 19.3. The van der Waals surface area contributed by atoms with E-state index in [0.29, 0.717) is 36.7 Å². The molecule has 1 amide bonds. The minimum absolute atomic E-state index is 0.223. The monoisotopic (exact) mass is 382 g/mol. The summed E-state index contributed by atoms with van der Waals surface area (Å²) in [6.07, 6.45) is 3.98.